The van der Waals surface area contributed by atoms with Gasteiger partial charge in [0.2, 0.25) is 11.8 Å². The van der Waals surface area contributed by atoms with Crippen LogP contribution in [0.3, 0.4) is 0 Å². The maximum absolute atomic E-state index is 14.5. The number of nitrogens with one attached hydrogen (secondary N) is 4. The topological polar surface area (TPSA) is 149 Å². The van der Waals surface area contributed by atoms with Crippen molar-refractivity contribution >= 4 is 17.8 Å². The number of hydrogen-bond donors (Lipinski definition) is 6. The molecule has 2 heterocycles. The SMILES string of the molecule is CC(C)[C@H]1CC[C@@H](C2c3ccccc3C3(CCNCC3)C(=O)N2CCNC(=O)C(N)CCCNC(=N)N)CC1. The number of carbonyl (C=O) groups excluding carboxylic acids is 2. The van der Waals surface area contributed by atoms with Crippen molar-refractivity contribution in [3.63, 3.8) is 0 Å². The lowest BCUT2D eigenvalue weighted by Gasteiger charge is -2.52. The Morgan fingerprint density at radius 2 is 1.82 bits per heavy atom. The van der Waals surface area contributed by atoms with E-state index in [0.717, 1.165) is 44.7 Å². The minimum absolute atomic E-state index is 0.0468. The molecule has 216 valence electrons. The molecule has 1 aliphatic carbocycles. The molecule has 9 nitrogen and oxygen atoms in total. The molecule has 0 bridgehead atoms. The summed E-state index contributed by atoms with van der Waals surface area (Å²) in [6.07, 6.45) is 7.43. The fraction of sp³-hybridized carbons (Fsp3) is 0.700. The van der Waals surface area contributed by atoms with E-state index in [4.69, 9.17) is 16.9 Å². The van der Waals surface area contributed by atoms with E-state index in [9.17, 15) is 9.59 Å². The zero-order valence-electron chi connectivity index (χ0n) is 23.8. The van der Waals surface area contributed by atoms with Crippen molar-refractivity contribution in [2.24, 2.45) is 29.2 Å². The lowest BCUT2D eigenvalue weighted by molar-refractivity contribution is -0.145. The molecule has 0 radical (unpaired) electrons. The van der Waals surface area contributed by atoms with E-state index in [1.54, 1.807) is 0 Å². The first-order chi connectivity index (χ1) is 18.7. The highest BCUT2D eigenvalue weighted by molar-refractivity contribution is 5.91. The summed E-state index contributed by atoms with van der Waals surface area (Å²) < 4.78 is 0. The average Bonchev–Trinajstić information content (AvgIpc) is 2.94. The Bertz CT molecular complexity index is 999. The van der Waals surface area contributed by atoms with Gasteiger partial charge in [-0.2, -0.15) is 0 Å². The molecule has 0 aromatic heterocycles. The van der Waals surface area contributed by atoms with Crippen molar-refractivity contribution in [3.05, 3.63) is 35.4 Å². The first-order valence-corrected chi connectivity index (χ1v) is 15.0. The highest BCUT2D eigenvalue weighted by atomic mass is 16.2. The van der Waals surface area contributed by atoms with Gasteiger partial charge in [-0.25, -0.2) is 0 Å². The van der Waals surface area contributed by atoms with E-state index in [1.807, 2.05) is 0 Å². The van der Waals surface area contributed by atoms with Crippen LogP contribution in [0, 0.1) is 23.2 Å². The molecule has 2 unspecified atom stereocenters. The first kappa shape index (κ1) is 29.3. The quantitative estimate of drug-likeness (QED) is 0.153. The van der Waals surface area contributed by atoms with Gasteiger partial charge in [0.15, 0.2) is 5.96 Å². The van der Waals surface area contributed by atoms with Crippen molar-refractivity contribution in [3.8, 4) is 0 Å². The zero-order valence-corrected chi connectivity index (χ0v) is 23.8. The number of fused-ring (bicyclic) bond motifs is 2. The highest BCUT2D eigenvalue weighted by Crippen LogP contribution is 2.51. The van der Waals surface area contributed by atoms with Crippen molar-refractivity contribution in [1.82, 2.24) is 20.9 Å². The zero-order chi connectivity index (χ0) is 28.0. The maximum atomic E-state index is 14.5. The Balaban J connectivity index is 1.50. The lowest BCUT2D eigenvalue weighted by atomic mass is 9.64. The summed E-state index contributed by atoms with van der Waals surface area (Å²) in [6.45, 7) is 7.70. The summed E-state index contributed by atoms with van der Waals surface area (Å²) in [5.74, 6) is 1.82. The summed E-state index contributed by atoms with van der Waals surface area (Å²) in [6, 6.07) is 8.08. The normalized spacial score (nSPS) is 25.3. The van der Waals surface area contributed by atoms with Crippen LogP contribution < -0.4 is 27.4 Å². The van der Waals surface area contributed by atoms with E-state index in [0.29, 0.717) is 44.3 Å². The number of nitrogens with two attached hydrogens (primary N) is 2. The van der Waals surface area contributed by atoms with Crippen LogP contribution in [-0.2, 0) is 15.0 Å². The predicted octanol–water partition coefficient (Wildman–Crippen LogP) is 2.36. The van der Waals surface area contributed by atoms with Crippen molar-refractivity contribution in [2.45, 2.75) is 82.7 Å². The monoisotopic (exact) mass is 539 g/mol. The van der Waals surface area contributed by atoms with Gasteiger partial charge in [0.25, 0.3) is 0 Å². The molecule has 2 atom stereocenters. The van der Waals surface area contributed by atoms with Gasteiger partial charge < -0.3 is 32.3 Å². The number of hydrogen-bond acceptors (Lipinski definition) is 5. The van der Waals surface area contributed by atoms with Crippen LogP contribution in [0.2, 0.25) is 0 Å². The fourth-order valence-electron chi connectivity index (χ4n) is 7.20. The van der Waals surface area contributed by atoms with Gasteiger partial charge >= 0.3 is 0 Å². The maximum Gasteiger partial charge on any atom is 0.236 e. The largest absolute Gasteiger partial charge is 0.370 e. The fourth-order valence-corrected chi connectivity index (χ4v) is 7.20. The molecule has 9 heteroatoms. The molecule has 2 fully saturated rings. The number of piperidine rings is 1. The summed E-state index contributed by atoms with van der Waals surface area (Å²) in [7, 11) is 0. The van der Waals surface area contributed by atoms with Gasteiger partial charge in [-0.15, -0.1) is 0 Å². The Morgan fingerprint density at radius 1 is 1.13 bits per heavy atom. The molecule has 2 aliphatic heterocycles. The number of amides is 2. The number of nitrogens with zero attached hydrogens (tertiary/aromatic N) is 1. The van der Waals surface area contributed by atoms with Gasteiger partial charge in [0.05, 0.1) is 17.5 Å². The molecule has 39 heavy (non-hydrogen) atoms. The number of benzene rings is 1. The third-order valence-electron chi connectivity index (χ3n) is 9.46. The van der Waals surface area contributed by atoms with Crippen LogP contribution in [0.5, 0.6) is 0 Å². The number of guanidine groups is 1. The molecular formula is C30H49N7O2. The minimum Gasteiger partial charge on any atom is -0.370 e. The number of rotatable bonds is 10. The second-order valence-corrected chi connectivity index (χ2v) is 12.2. The summed E-state index contributed by atoms with van der Waals surface area (Å²) in [4.78, 5) is 29.3. The van der Waals surface area contributed by atoms with Crippen molar-refractivity contribution in [2.75, 3.05) is 32.7 Å². The van der Waals surface area contributed by atoms with E-state index in [1.165, 1.54) is 24.0 Å². The predicted molar refractivity (Wildman–Crippen MR) is 155 cm³/mol. The van der Waals surface area contributed by atoms with Gasteiger partial charge in [0.1, 0.15) is 0 Å². The van der Waals surface area contributed by atoms with Crippen LogP contribution >= 0.6 is 0 Å². The Hall–Kier alpha value is -2.65. The Kier molecular flexibility index (Phi) is 9.88. The van der Waals surface area contributed by atoms with E-state index < -0.39 is 11.5 Å². The van der Waals surface area contributed by atoms with Crippen LogP contribution in [0.15, 0.2) is 24.3 Å². The van der Waals surface area contributed by atoms with Crippen LogP contribution in [0.1, 0.15) is 82.4 Å². The van der Waals surface area contributed by atoms with E-state index in [-0.39, 0.29) is 23.8 Å². The molecule has 1 saturated carbocycles. The lowest BCUT2D eigenvalue weighted by Crippen LogP contribution is -2.59. The molecule has 1 spiro atoms. The molecule has 1 saturated heterocycles. The summed E-state index contributed by atoms with van der Waals surface area (Å²) >= 11 is 0. The standard InChI is InChI=1S/C30H49N7O2/c1-20(2)21-9-11-22(12-10-21)26-23-6-3-4-7-24(23)30(13-16-34-17-14-30)28(39)37(26)19-18-35-27(38)25(31)8-5-15-36-29(32)33/h3-4,6-7,20-22,25-26,34H,5,8-19,31H2,1-2H3,(H,35,38)(H4,32,33,36)/t21-,22+,25?,26?. The van der Waals surface area contributed by atoms with Crippen molar-refractivity contribution in [1.29, 1.82) is 5.41 Å². The second kappa shape index (κ2) is 13.1. The summed E-state index contributed by atoms with van der Waals surface area (Å²) in [5, 5.41) is 16.4. The van der Waals surface area contributed by atoms with Crippen LogP contribution in [0.4, 0.5) is 0 Å². The third-order valence-corrected chi connectivity index (χ3v) is 9.46. The van der Waals surface area contributed by atoms with Gasteiger partial charge in [-0.05, 0) is 93.3 Å². The molecule has 1 aromatic rings. The molecular weight excluding hydrogens is 490 g/mol. The van der Waals surface area contributed by atoms with E-state index in [2.05, 4.69) is 59.0 Å². The van der Waals surface area contributed by atoms with Crippen LogP contribution in [-0.4, -0.2) is 61.4 Å². The van der Waals surface area contributed by atoms with Crippen molar-refractivity contribution < 1.29 is 9.59 Å². The molecule has 1 aromatic carbocycles. The number of carbonyl (C=O) groups is 2. The van der Waals surface area contributed by atoms with Gasteiger partial charge in [0, 0.05) is 19.6 Å². The smallest absolute Gasteiger partial charge is 0.236 e. The second-order valence-electron chi connectivity index (χ2n) is 12.2. The third kappa shape index (κ3) is 6.57. The van der Waals surface area contributed by atoms with Gasteiger partial charge in [-0.3, -0.25) is 15.0 Å². The molecule has 2 amide bonds. The first-order valence-electron chi connectivity index (χ1n) is 15.0. The van der Waals surface area contributed by atoms with Gasteiger partial charge in [-0.1, -0.05) is 38.1 Å². The molecule has 3 aliphatic rings. The molecule has 8 N–H and O–H groups in total. The summed E-state index contributed by atoms with van der Waals surface area (Å²) in [5.41, 5.74) is 13.5. The Morgan fingerprint density at radius 3 is 2.49 bits per heavy atom. The van der Waals surface area contributed by atoms with Crippen LogP contribution in [0.25, 0.3) is 0 Å². The highest BCUT2D eigenvalue weighted by Gasteiger charge is 2.52. The Labute approximate surface area is 233 Å². The average molecular weight is 540 g/mol. The molecule has 4 rings (SSSR count). The minimum atomic E-state index is -0.630. The van der Waals surface area contributed by atoms with E-state index >= 15 is 0 Å².